The van der Waals surface area contributed by atoms with Gasteiger partial charge in [0.2, 0.25) is 0 Å². The number of benzene rings is 1. The molecule has 1 aliphatic heterocycles. The smallest absolute Gasteiger partial charge is 0.158 e. The predicted molar refractivity (Wildman–Crippen MR) is 68.3 cm³/mol. The topological polar surface area (TPSA) is 41.8 Å². The van der Waals surface area contributed by atoms with Gasteiger partial charge in [-0.15, -0.1) is 0 Å². The van der Waals surface area contributed by atoms with Gasteiger partial charge in [-0.25, -0.2) is 0 Å². The average Bonchev–Trinajstić information content (AvgIpc) is 2.59. The molecule has 0 aliphatic carbocycles. The van der Waals surface area contributed by atoms with Crippen LogP contribution in [0.2, 0.25) is 0 Å². The van der Waals surface area contributed by atoms with Crippen LogP contribution in [0.5, 0.6) is 0 Å². The predicted octanol–water partition coefficient (Wildman–Crippen LogP) is 2.34. The van der Waals surface area contributed by atoms with Crippen molar-refractivity contribution < 1.29 is 9.94 Å². The van der Waals surface area contributed by atoms with Crippen LogP contribution in [-0.4, -0.2) is 23.5 Å². The Morgan fingerprint density at radius 3 is 2.29 bits per heavy atom. The second-order valence-electron chi connectivity index (χ2n) is 4.87. The standard InChI is InChI=1S/C14H19NO2/c1-8-5-9(2)13(10(3)6-8)14-11(4)12(7-16)17-15-14/h5-6,11-12,16H,7H2,1-4H3/t11-,12-/m1/s1. The van der Waals surface area contributed by atoms with Crippen LogP contribution < -0.4 is 0 Å². The van der Waals surface area contributed by atoms with Crippen LogP contribution >= 0.6 is 0 Å². The van der Waals surface area contributed by atoms with E-state index in [1.807, 2.05) is 6.92 Å². The third-order valence-corrected chi connectivity index (χ3v) is 3.39. The maximum absolute atomic E-state index is 9.19. The zero-order valence-electron chi connectivity index (χ0n) is 10.8. The normalized spacial score (nSPS) is 23.5. The summed E-state index contributed by atoms with van der Waals surface area (Å²) in [5.41, 5.74) is 5.82. The maximum atomic E-state index is 9.19. The summed E-state index contributed by atoms with van der Waals surface area (Å²) in [4.78, 5) is 5.26. The molecule has 2 rings (SSSR count). The van der Waals surface area contributed by atoms with E-state index in [4.69, 9.17) is 4.84 Å². The van der Waals surface area contributed by atoms with E-state index in [2.05, 4.69) is 38.1 Å². The van der Waals surface area contributed by atoms with Crippen molar-refractivity contribution >= 4 is 5.71 Å². The Kier molecular flexibility index (Phi) is 3.20. The molecule has 1 aromatic carbocycles. The Morgan fingerprint density at radius 2 is 1.82 bits per heavy atom. The Hall–Kier alpha value is -1.35. The Bertz CT molecular complexity index is 442. The highest BCUT2D eigenvalue weighted by Gasteiger charge is 2.32. The van der Waals surface area contributed by atoms with Crippen LogP contribution in [0, 0.1) is 26.7 Å². The summed E-state index contributed by atoms with van der Waals surface area (Å²) in [5, 5.41) is 13.3. The first-order valence-electron chi connectivity index (χ1n) is 5.97. The molecule has 2 atom stereocenters. The van der Waals surface area contributed by atoms with Crippen molar-refractivity contribution in [3.8, 4) is 0 Å². The zero-order valence-corrected chi connectivity index (χ0v) is 10.8. The van der Waals surface area contributed by atoms with Crippen molar-refractivity contribution in [2.24, 2.45) is 11.1 Å². The largest absolute Gasteiger partial charge is 0.392 e. The number of aliphatic hydroxyl groups is 1. The molecule has 1 heterocycles. The minimum atomic E-state index is -0.204. The van der Waals surface area contributed by atoms with Gasteiger partial charge in [0.05, 0.1) is 12.3 Å². The first kappa shape index (κ1) is 12.1. The minimum absolute atomic E-state index is 0.0120. The highest BCUT2D eigenvalue weighted by Crippen LogP contribution is 2.27. The highest BCUT2D eigenvalue weighted by molar-refractivity contribution is 6.05. The first-order chi connectivity index (χ1) is 8.04. The Labute approximate surface area is 102 Å². The molecule has 0 fully saturated rings. The molecule has 1 aliphatic rings. The van der Waals surface area contributed by atoms with Crippen LogP contribution in [0.3, 0.4) is 0 Å². The summed E-state index contributed by atoms with van der Waals surface area (Å²) in [5.74, 6) is 0.139. The van der Waals surface area contributed by atoms with Crippen molar-refractivity contribution in [2.45, 2.75) is 33.8 Å². The maximum Gasteiger partial charge on any atom is 0.158 e. The van der Waals surface area contributed by atoms with E-state index < -0.39 is 0 Å². The zero-order chi connectivity index (χ0) is 12.6. The molecular formula is C14H19NO2. The van der Waals surface area contributed by atoms with Gasteiger partial charge >= 0.3 is 0 Å². The van der Waals surface area contributed by atoms with Gasteiger partial charge in [-0.2, -0.15) is 0 Å². The lowest BCUT2D eigenvalue weighted by atomic mass is 9.88. The summed E-state index contributed by atoms with van der Waals surface area (Å²) < 4.78 is 0. The van der Waals surface area contributed by atoms with E-state index in [9.17, 15) is 5.11 Å². The SMILES string of the molecule is Cc1cc(C)c(C2=NO[C@H](CO)[C@H]2C)c(C)c1. The number of hydrogen-bond acceptors (Lipinski definition) is 3. The van der Waals surface area contributed by atoms with Gasteiger partial charge < -0.3 is 9.94 Å². The van der Waals surface area contributed by atoms with E-state index in [-0.39, 0.29) is 18.6 Å². The summed E-state index contributed by atoms with van der Waals surface area (Å²) in [6, 6.07) is 4.31. The molecule has 0 radical (unpaired) electrons. The van der Waals surface area contributed by atoms with E-state index in [0.717, 1.165) is 5.71 Å². The van der Waals surface area contributed by atoms with E-state index in [0.29, 0.717) is 0 Å². The monoisotopic (exact) mass is 233 g/mol. The van der Waals surface area contributed by atoms with Gasteiger partial charge in [-0.3, -0.25) is 0 Å². The second-order valence-corrected chi connectivity index (χ2v) is 4.87. The van der Waals surface area contributed by atoms with Gasteiger partial charge in [0, 0.05) is 11.5 Å². The summed E-state index contributed by atoms with van der Waals surface area (Å²) >= 11 is 0. The number of nitrogens with zero attached hydrogens (tertiary/aromatic N) is 1. The van der Waals surface area contributed by atoms with E-state index in [1.54, 1.807) is 0 Å². The lowest BCUT2D eigenvalue weighted by molar-refractivity contribution is 0.0211. The van der Waals surface area contributed by atoms with Crippen molar-refractivity contribution in [2.75, 3.05) is 6.61 Å². The molecule has 92 valence electrons. The quantitative estimate of drug-likeness (QED) is 0.852. The van der Waals surface area contributed by atoms with Crippen molar-refractivity contribution in [1.29, 1.82) is 0 Å². The van der Waals surface area contributed by atoms with Gasteiger partial charge in [-0.1, -0.05) is 29.8 Å². The number of aryl methyl sites for hydroxylation is 3. The fourth-order valence-corrected chi connectivity index (χ4v) is 2.52. The molecule has 0 spiro atoms. The van der Waals surface area contributed by atoms with E-state index >= 15 is 0 Å². The minimum Gasteiger partial charge on any atom is -0.392 e. The van der Waals surface area contributed by atoms with Crippen molar-refractivity contribution in [3.63, 3.8) is 0 Å². The summed E-state index contributed by atoms with van der Waals surface area (Å²) in [6.45, 7) is 8.34. The molecule has 0 amide bonds. The Balaban J connectivity index is 2.43. The fraction of sp³-hybridized carbons (Fsp3) is 0.500. The molecule has 0 aromatic heterocycles. The Morgan fingerprint density at radius 1 is 1.24 bits per heavy atom. The van der Waals surface area contributed by atoms with Crippen molar-refractivity contribution in [3.05, 3.63) is 34.4 Å². The fourth-order valence-electron chi connectivity index (χ4n) is 2.52. The van der Waals surface area contributed by atoms with Crippen LogP contribution in [0.15, 0.2) is 17.3 Å². The number of hydrogen-bond donors (Lipinski definition) is 1. The molecule has 1 aromatic rings. The number of aliphatic hydroxyl groups excluding tert-OH is 1. The third-order valence-electron chi connectivity index (χ3n) is 3.39. The van der Waals surface area contributed by atoms with Gasteiger partial charge in [0.1, 0.15) is 0 Å². The molecule has 0 bridgehead atoms. The molecule has 3 nitrogen and oxygen atoms in total. The van der Waals surface area contributed by atoms with Crippen LogP contribution in [0.25, 0.3) is 0 Å². The number of oxime groups is 1. The lowest BCUT2D eigenvalue weighted by Gasteiger charge is -2.15. The molecule has 3 heteroatoms. The molecule has 0 saturated carbocycles. The summed E-state index contributed by atoms with van der Waals surface area (Å²) in [6.07, 6.45) is -0.204. The molecule has 1 N–H and O–H groups in total. The molecule has 17 heavy (non-hydrogen) atoms. The first-order valence-corrected chi connectivity index (χ1v) is 5.97. The van der Waals surface area contributed by atoms with E-state index in [1.165, 1.54) is 22.3 Å². The lowest BCUT2D eigenvalue weighted by Crippen LogP contribution is -2.25. The van der Waals surface area contributed by atoms with Gasteiger partial charge in [-0.05, 0) is 31.9 Å². The summed E-state index contributed by atoms with van der Waals surface area (Å²) in [7, 11) is 0. The third kappa shape index (κ3) is 2.07. The highest BCUT2D eigenvalue weighted by atomic mass is 16.6. The molecule has 0 saturated heterocycles. The van der Waals surface area contributed by atoms with Gasteiger partial charge in [0.15, 0.2) is 6.10 Å². The van der Waals surface area contributed by atoms with Crippen LogP contribution in [-0.2, 0) is 4.84 Å². The van der Waals surface area contributed by atoms with Crippen molar-refractivity contribution in [1.82, 2.24) is 0 Å². The average molecular weight is 233 g/mol. The molecule has 0 unspecified atom stereocenters. The van der Waals surface area contributed by atoms with Crippen LogP contribution in [0.4, 0.5) is 0 Å². The second kappa shape index (κ2) is 4.49. The number of rotatable bonds is 2. The van der Waals surface area contributed by atoms with Crippen LogP contribution in [0.1, 0.15) is 29.2 Å². The molecular weight excluding hydrogens is 214 g/mol. The van der Waals surface area contributed by atoms with Gasteiger partial charge in [0.25, 0.3) is 0 Å².